The predicted octanol–water partition coefficient (Wildman–Crippen LogP) is 1.17. The number of methoxy groups -OCH3 is 1. The monoisotopic (exact) mass is 262 g/mol. The summed E-state index contributed by atoms with van der Waals surface area (Å²) in [6.07, 6.45) is 1.02. The molecule has 98 valence electrons. The van der Waals surface area contributed by atoms with E-state index in [0.29, 0.717) is 11.3 Å². The van der Waals surface area contributed by atoms with Gasteiger partial charge in [-0.25, -0.2) is 0 Å². The second-order valence-corrected chi connectivity index (χ2v) is 4.74. The van der Waals surface area contributed by atoms with Crippen molar-refractivity contribution in [1.82, 2.24) is 0 Å². The fourth-order valence-electron chi connectivity index (χ4n) is 0.993. The van der Waals surface area contributed by atoms with Crippen LogP contribution in [0.3, 0.4) is 0 Å². The molecule has 1 aromatic rings. The van der Waals surface area contributed by atoms with Crippen LogP contribution < -0.4 is 4.74 Å². The summed E-state index contributed by atoms with van der Waals surface area (Å²) < 4.78 is 31.2. The Morgan fingerprint density at radius 1 is 1.29 bits per heavy atom. The molecular formula is C11H18O5S. The van der Waals surface area contributed by atoms with Crippen molar-refractivity contribution in [2.45, 2.75) is 13.5 Å². The highest BCUT2D eigenvalue weighted by atomic mass is 32.2. The molecule has 0 spiro atoms. The third kappa shape index (κ3) is 7.73. The molecule has 0 fully saturated rings. The van der Waals surface area contributed by atoms with Crippen LogP contribution in [-0.4, -0.2) is 33.5 Å². The number of aliphatic hydroxyl groups is 1. The molecule has 0 aliphatic heterocycles. The standard InChI is InChI=1S/C9H12O4S.C2H6O/c1-12-9-6-4-3-5-8(9)7-13-14(2,10)11;1-2-3/h3-6H,7H2,1-2H3;3H,2H2,1H3. The van der Waals surface area contributed by atoms with Gasteiger partial charge in [0.1, 0.15) is 5.75 Å². The minimum Gasteiger partial charge on any atom is -0.496 e. The Labute approximate surface area is 102 Å². The first kappa shape index (κ1) is 15.9. The molecule has 1 rings (SSSR count). The zero-order valence-electron chi connectivity index (χ0n) is 10.2. The van der Waals surface area contributed by atoms with Crippen molar-refractivity contribution in [2.24, 2.45) is 0 Å². The van der Waals surface area contributed by atoms with E-state index >= 15 is 0 Å². The van der Waals surface area contributed by atoms with Crippen molar-refractivity contribution in [2.75, 3.05) is 20.0 Å². The zero-order valence-corrected chi connectivity index (χ0v) is 11.0. The molecule has 0 bridgehead atoms. The first-order chi connectivity index (χ1) is 7.94. The molecule has 0 radical (unpaired) electrons. The molecule has 0 aromatic heterocycles. The second-order valence-electron chi connectivity index (χ2n) is 3.09. The molecule has 0 heterocycles. The third-order valence-electron chi connectivity index (χ3n) is 1.62. The van der Waals surface area contributed by atoms with Gasteiger partial charge in [0.25, 0.3) is 10.1 Å². The van der Waals surface area contributed by atoms with Gasteiger partial charge in [0.15, 0.2) is 0 Å². The highest BCUT2D eigenvalue weighted by Gasteiger charge is 2.06. The minimum atomic E-state index is -3.40. The lowest BCUT2D eigenvalue weighted by Crippen LogP contribution is -2.03. The summed E-state index contributed by atoms with van der Waals surface area (Å²) in [7, 11) is -1.88. The first-order valence-corrected chi connectivity index (χ1v) is 6.83. The van der Waals surface area contributed by atoms with Crippen molar-refractivity contribution in [3.8, 4) is 5.75 Å². The summed E-state index contributed by atoms with van der Waals surface area (Å²) in [5.41, 5.74) is 0.709. The fourth-order valence-corrected chi connectivity index (χ4v) is 1.33. The zero-order chi connectivity index (χ0) is 13.3. The van der Waals surface area contributed by atoms with Gasteiger partial charge in [0.2, 0.25) is 0 Å². The molecule has 0 aliphatic rings. The van der Waals surface area contributed by atoms with Gasteiger partial charge in [-0.1, -0.05) is 18.2 Å². The van der Waals surface area contributed by atoms with Crippen molar-refractivity contribution < 1.29 is 22.4 Å². The lowest BCUT2D eigenvalue weighted by molar-refractivity contribution is 0.302. The molecule has 6 heteroatoms. The maximum Gasteiger partial charge on any atom is 0.264 e. The Kier molecular flexibility index (Phi) is 7.53. The smallest absolute Gasteiger partial charge is 0.264 e. The van der Waals surface area contributed by atoms with E-state index in [1.807, 2.05) is 6.07 Å². The molecule has 0 saturated carbocycles. The second kappa shape index (κ2) is 8.05. The molecule has 0 amide bonds. The van der Waals surface area contributed by atoms with Crippen LogP contribution in [0, 0.1) is 0 Å². The highest BCUT2D eigenvalue weighted by molar-refractivity contribution is 7.85. The molecule has 0 aliphatic carbocycles. The molecule has 0 unspecified atom stereocenters. The van der Waals surface area contributed by atoms with Crippen LogP contribution in [0.5, 0.6) is 5.75 Å². The van der Waals surface area contributed by atoms with E-state index in [4.69, 9.17) is 9.84 Å². The van der Waals surface area contributed by atoms with Crippen molar-refractivity contribution >= 4 is 10.1 Å². The van der Waals surface area contributed by atoms with Crippen LogP contribution in [0.4, 0.5) is 0 Å². The van der Waals surface area contributed by atoms with Gasteiger partial charge < -0.3 is 9.84 Å². The average molecular weight is 262 g/mol. The maximum absolute atomic E-state index is 10.7. The van der Waals surface area contributed by atoms with Gasteiger partial charge in [-0.15, -0.1) is 0 Å². The van der Waals surface area contributed by atoms with Gasteiger partial charge in [0, 0.05) is 12.2 Å². The largest absolute Gasteiger partial charge is 0.496 e. The SMILES string of the molecule is CCO.COc1ccccc1COS(C)(=O)=O. The first-order valence-electron chi connectivity index (χ1n) is 5.01. The highest BCUT2D eigenvalue weighted by Crippen LogP contribution is 2.18. The van der Waals surface area contributed by atoms with E-state index in [-0.39, 0.29) is 13.2 Å². The Balaban J connectivity index is 0.000000770. The number of para-hydroxylation sites is 1. The van der Waals surface area contributed by atoms with E-state index in [1.165, 1.54) is 7.11 Å². The van der Waals surface area contributed by atoms with Gasteiger partial charge in [-0.2, -0.15) is 8.42 Å². The van der Waals surface area contributed by atoms with E-state index in [9.17, 15) is 8.42 Å². The number of hydrogen-bond acceptors (Lipinski definition) is 5. The van der Waals surface area contributed by atoms with Crippen LogP contribution in [0.1, 0.15) is 12.5 Å². The Morgan fingerprint density at radius 2 is 1.82 bits per heavy atom. The number of ether oxygens (including phenoxy) is 1. The van der Waals surface area contributed by atoms with Crippen LogP contribution >= 0.6 is 0 Å². The normalized spacial score (nSPS) is 10.4. The van der Waals surface area contributed by atoms with Gasteiger partial charge >= 0.3 is 0 Å². The molecular weight excluding hydrogens is 244 g/mol. The van der Waals surface area contributed by atoms with Crippen molar-refractivity contribution in [1.29, 1.82) is 0 Å². The maximum atomic E-state index is 10.7. The summed E-state index contributed by atoms with van der Waals surface area (Å²) in [4.78, 5) is 0. The van der Waals surface area contributed by atoms with E-state index in [0.717, 1.165) is 6.26 Å². The number of hydrogen-bond donors (Lipinski definition) is 1. The van der Waals surface area contributed by atoms with E-state index < -0.39 is 10.1 Å². The Bertz CT molecular complexity index is 414. The van der Waals surface area contributed by atoms with E-state index in [2.05, 4.69) is 4.18 Å². The molecule has 0 saturated heterocycles. The summed E-state index contributed by atoms with van der Waals surface area (Å²) in [5.74, 6) is 0.621. The summed E-state index contributed by atoms with van der Waals surface area (Å²) in [6, 6.07) is 7.11. The Hall–Kier alpha value is -1.11. The third-order valence-corrected chi connectivity index (χ3v) is 2.17. The lowest BCUT2D eigenvalue weighted by atomic mass is 10.2. The quantitative estimate of drug-likeness (QED) is 0.825. The molecule has 1 N–H and O–H groups in total. The van der Waals surface area contributed by atoms with Gasteiger partial charge in [-0.3, -0.25) is 4.18 Å². The number of aliphatic hydroxyl groups excluding tert-OH is 1. The molecule has 0 atom stereocenters. The average Bonchev–Trinajstić information content (AvgIpc) is 2.27. The molecule has 1 aromatic carbocycles. The Morgan fingerprint density at radius 3 is 2.29 bits per heavy atom. The molecule has 5 nitrogen and oxygen atoms in total. The van der Waals surface area contributed by atoms with Crippen LogP contribution in [0.15, 0.2) is 24.3 Å². The van der Waals surface area contributed by atoms with Crippen molar-refractivity contribution in [3.05, 3.63) is 29.8 Å². The summed E-state index contributed by atoms with van der Waals surface area (Å²) in [6.45, 7) is 1.93. The van der Waals surface area contributed by atoms with Crippen LogP contribution in [0.2, 0.25) is 0 Å². The fraction of sp³-hybridized carbons (Fsp3) is 0.455. The molecule has 17 heavy (non-hydrogen) atoms. The number of benzene rings is 1. The topological polar surface area (TPSA) is 72.8 Å². The predicted molar refractivity (Wildman–Crippen MR) is 65.4 cm³/mol. The van der Waals surface area contributed by atoms with E-state index in [1.54, 1.807) is 25.1 Å². The van der Waals surface area contributed by atoms with Crippen LogP contribution in [0.25, 0.3) is 0 Å². The number of rotatable bonds is 4. The minimum absolute atomic E-state index is 0.00282. The van der Waals surface area contributed by atoms with Crippen LogP contribution in [-0.2, 0) is 20.9 Å². The van der Waals surface area contributed by atoms with Gasteiger partial charge in [-0.05, 0) is 13.0 Å². The van der Waals surface area contributed by atoms with Gasteiger partial charge in [0.05, 0.1) is 20.0 Å². The lowest BCUT2D eigenvalue weighted by Gasteiger charge is -2.06. The summed E-state index contributed by atoms with van der Waals surface area (Å²) in [5, 5.41) is 7.57. The summed E-state index contributed by atoms with van der Waals surface area (Å²) >= 11 is 0. The van der Waals surface area contributed by atoms with Crippen molar-refractivity contribution in [3.63, 3.8) is 0 Å².